The molecule has 1 N–H and O–H groups in total. The van der Waals surface area contributed by atoms with Gasteiger partial charge in [-0.1, -0.05) is 12.1 Å². The first-order valence-electron chi connectivity index (χ1n) is 6.46. The number of hydrogen-bond donors (Lipinski definition) is 1. The summed E-state index contributed by atoms with van der Waals surface area (Å²) in [5, 5.41) is 3.42. The van der Waals surface area contributed by atoms with Crippen molar-refractivity contribution in [2.75, 3.05) is 30.4 Å². The summed E-state index contributed by atoms with van der Waals surface area (Å²) in [7, 11) is 2.27. The Labute approximate surface area is 108 Å². The molecule has 1 aromatic rings. The summed E-state index contributed by atoms with van der Waals surface area (Å²) in [6.07, 6.45) is 2.54. The van der Waals surface area contributed by atoms with E-state index in [0.29, 0.717) is 0 Å². The second kappa shape index (κ2) is 4.91. The number of hydrogen-bond acceptors (Lipinski definition) is 3. The van der Waals surface area contributed by atoms with E-state index >= 15 is 0 Å². The summed E-state index contributed by atoms with van der Waals surface area (Å²) in [6, 6.07) is 7.69. The minimum absolute atomic E-state index is 0.784. The maximum atomic E-state index is 3.42. The smallest absolute Gasteiger partial charge is 0.0373 e. The van der Waals surface area contributed by atoms with Crippen LogP contribution >= 0.6 is 11.8 Å². The monoisotopic (exact) mass is 248 g/mol. The minimum Gasteiger partial charge on any atom is -0.384 e. The first-order chi connectivity index (χ1) is 8.33. The van der Waals surface area contributed by atoms with E-state index in [2.05, 4.69) is 47.2 Å². The molecule has 1 unspecified atom stereocenters. The number of rotatable bonds is 3. The lowest BCUT2D eigenvalue weighted by atomic mass is 10.1. The van der Waals surface area contributed by atoms with Gasteiger partial charge in [0.05, 0.1) is 0 Å². The molecule has 2 heterocycles. The number of thioether (sulfide) groups is 1. The first-order valence-corrected chi connectivity index (χ1v) is 7.62. The van der Waals surface area contributed by atoms with Crippen LogP contribution in [-0.2, 0) is 13.0 Å². The van der Waals surface area contributed by atoms with Crippen LogP contribution in [0.5, 0.6) is 0 Å². The molecule has 2 aliphatic heterocycles. The molecule has 3 rings (SSSR count). The summed E-state index contributed by atoms with van der Waals surface area (Å²) < 4.78 is 0. The molecule has 0 saturated carbocycles. The third-order valence-electron chi connectivity index (χ3n) is 3.84. The fourth-order valence-electron chi connectivity index (χ4n) is 2.74. The fraction of sp³-hybridized carbons (Fsp3) is 0.571. The van der Waals surface area contributed by atoms with Crippen molar-refractivity contribution in [3.8, 4) is 0 Å². The van der Waals surface area contributed by atoms with Gasteiger partial charge in [-0.05, 0) is 42.8 Å². The Morgan fingerprint density at radius 1 is 1.47 bits per heavy atom. The summed E-state index contributed by atoms with van der Waals surface area (Å²) in [4.78, 5) is 2.52. The second-order valence-corrected chi connectivity index (χ2v) is 6.25. The van der Waals surface area contributed by atoms with E-state index in [-0.39, 0.29) is 0 Å². The molecule has 0 aromatic heterocycles. The van der Waals surface area contributed by atoms with Crippen molar-refractivity contribution in [1.29, 1.82) is 0 Å². The summed E-state index contributed by atoms with van der Waals surface area (Å²) in [5.41, 5.74) is 4.30. The van der Waals surface area contributed by atoms with Gasteiger partial charge in [0.2, 0.25) is 0 Å². The Balaban J connectivity index is 1.68. The van der Waals surface area contributed by atoms with Crippen LogP contribution in [0.3, 0.4) is 0 Å². The first kappa shape index (κ1) is 11.4. The molecule has 1 atom stereocenters. The van der Waals surface area contributed by atoms with Crippen molar-refractivity contribution >= 4 is 17.4 Å². The van der Waals surface area contributed by atoms with E-state index < -0.39 is 0 Å². The van der Waals surface area contributed by atoms with Crippen LogP contribution in [0.25, 0.3) is 0 Å². The van der Waals surface area contributed by atoms with Gasteiger partial charge in [-0.2, -0.15) is 11.8 Å². The average Bonchev–Trinajstić information content (AvgIpc) is 2.99. The van der Waals surface area contributed by atoms with Crippen LogP contribution in [0.2, 0.25) is 0 Å². The largest absolute Gasteiger partial charge is 0.384 e. The van der Waals surface area contributed by atoms with Gasteiger partial charge in [0.15, 0.2) is 0 Å². The average molecular weight is 248 g/mol. The van der Waals surface area contributed by atoms with Gasteiger partial charge < -0.3 is 5.32 Å². The summed E-state index contributed by atoms with van der Waals surface area (Å²) in [6.45, 7) is 2.20. The van der Waals surface area contributed by atoms with Gasteiger partial charge in [0.25, 0.3) is 0 Å². The molecule has 1 saturated heterocycles. The van der Waals surface area contributed by atoms with E-state index in [1.807, 2.05) is 0 Å². The molecule has 1 fully saturated rings. The van der Waals surface area contributed by atoms with Crippen molar-refractivity contribution < 1.29 is 0 Å². The molecule has 92 valence electrons. The molecule has 1 aromatic carbocycles. The molecule has 0 bridgehead atoms. The molecule has 2 nitrogen and oxygen atoms in total. The maximum Gasteiger partial charge on any atom is 0.0373 e. The molecule has 0 amide bonds. The number of anilines is 1. The van der Waals surface area contributed by atoms with Crippen LogP contribution in [-0.4, -0.2) is 36.0 Å². The Morgan fingerprint density at radius 3 is 3.24 bits per heavy atom. The standard InChI is InChI=1S/C14H20N2S/c1-16(13-5-7-17-10-13)9-11-2-3-14-12(8-11)4-6-15-14/h2-3,8,13,15H,4-7,9-10H2,1H3. The van der Waals surface area contributed by atoms with Crippen LogP contribution < -0.4 is 5.32 Å². The zero-order chi connectivity index (χ0) is 11.7. The van der Waals surface area contributed by atoms with Gasteiger partial charge in [0.1, 0.15) is 0 Å². The van der Waals surface area contributed by atoms with E-state index in [0.717, 1.165) is 19.1 Å². The summed E-state index contributed by atoms with van der Waals surface area (Å²) >= 11 is 2.09. The lowest BCUT2D eigenvalue weighted by molar-refractivity contribution is 0.254. The molecular weight excluding hydrogens is 228 g/mol. The molecule has 3 heteroatoms. The van der Waals surface area contributed by atoms with Crippen LogP contribution in [0.1, 0.15) is 17.5 Å². The normalized spacial score (nSPS) is 22.8. The molecular formula is C14H20N2S. The molecule has 17 heavy (non-hydrogen) atoms. The van der Waals surface area contributed by atoms with Gasteiger partial charge >= 0.3 is 0 Å². The predicted octanol–water partition coefficient (Wildman–Crippen LogP) is 2.59. The number of benzene rings is 1. The third kappa shape index (κ3) is 2.45. The quantitative estimate of drug-likeness (QED) is 0.885. The van der Waals surface area contributed by atoms with Crippen molar-refractivity contribution in [2.24, 2.45) is 0 Å². The molecule has 2 aliphatic rings. The van der Waals surface area contributed by atoms with Crippen LogP contribution in [0, 0.1) is 0 Å². The highest BCUT2D eigenvalue weighted by atomic mass is 32.2. The number of fused-ring (bicyclic) bond motifs is 1. The second-order valence-electron chi connectivity index (χ2n) is 5.10. The van der Waals surface area contributed by atoms with Crippen molar-refractivity contribution in [2.45, 2.75) is 25.4 Å². The SMILES string of the molecule is CN(Cc1ccc2c(c1)CCN2)C1CCSC1. The number of nitrogens with zero attached hydrogens (tertiary/aromatic N) is 1. The van der Waals surface area contributed by atoms with Gasteiger partial charge in [0, 0.05) is 30.6 Å². The minimum atomic E-state index is 0.784. The Morgan fingerprint density at radius 2 is 2.41 bits per heavy atom. The highest BCUT2D eigenvalue weighted by Gasteiger charge is 2.20. The number of nitrogens with one attached hydrogen (secondary N) is 1. The zero-order valence-corrected chi connectivity index (χ0v) is 11.2. The highest BCUT2D eigenvalue weighted by Crippen LogP contribution is 2.26. The zero-order valence-electron chi connectivity index (χ0n) is 10.4. The van der Waals surface area contributed by atoms with Crippen LogP contribution in [0.4, 0.5) is 5.69 Å². The molecule has 0 aliphatic carbocycles. The Hall–Kier alpha value is -0.670. The highest BCUT2D eigenvalue weighted by molar-refractivity contribution is 7.99. The predicted molar refractivity (Wildman–Crippen MR) is 75.8 cm³/mol. The van der Waals surface area contributed by atoms with Gasteiger partial charge in [-0.3, -0.25) is 4.90 Å². The fourth-order valence-corrected chi connectivity index (χ4v) is 4.04. The van der Waals surface area contributed by atoms with E-state index in [1.165, 1.54) is 41.2 Å². The van der Waals surface area contributed by atoms with Crippen molar-refractivity contribution in [1.82, 2.24) is 4.90 Å². The van der Waals surface area contributed by atoms with Crippen LogP contribution in [0.15, 0.2) is 18.2 Å². The lowest BCUT2D eigenvalue weighted by Crippen LogP contribution is -2.30. The van der Waals surface area contributed by atoms with Crippen molar-refractivity contribution in [3.63, 3.8) is 0 Å². The lowest BCUT2D eigenvalue weighted by Gasteiger charge is -2.23. The molecule has 0 spiro atoms. The third-order valence-corrected chi connectivity index (χ3v) is 4.99. The van der Waals surface area contributed by atoms with E-state index in [1.54, 1.807) is 0 Å². The Bertz CT molecular complexity index is 399. The van der Waals surface area contributed by atoms with Gasteiger partial charge in [-0.15, -0.1) is 0 Å². The summed E-state index contributed by atoms with van der Waals surface area (Å²) in [5.74, 6) is 2.64. The van der Waals surface area contributed by atoms with Gasteiger partial charge in [-0.25, -0.2) is 0 Å². The van der Waals surface area contributed by atoms with E-state index in [4.69, 9.17) is 0 Å². The molecule has 0 radical (unpaired) electrons. The van der Waals surface area contributed by atoms with E-state index in [9.17, 15) is 0 Å². The van der Waals surface area contributed by atoms with Crippen molar-refractivity contribution in [3.05, 3.63) is 29.3 Å². The topological polar surface area (TPSA) is 15.3 Å². The Kier molecular flexibility index (Phi) is 3.30. The maximum absolute atomic E-state index is 3.42.